The molecule has 0 saturated heterocycles. The molecule has 3 rings (SSSR count). The Hall–Kier alpha value is -2.55. The van der Waals surface area contributed by atoms with Gasteiger partial charge < -0.3 is 0 Å². The number of para-hydroxylation sites is 1. The molecule has 0 N–H and O–H groups in total. The number of hydrogen-bond acceptors (Lipinski definition) is 3. The van der Waals surface area contributed by atoms with Crippen molar-refractivity contribution in [3.8, 4) is 0 Å². The number of hydrogen-bond donors (Lipinski definition) is 0. The lowest BCUT2D eigenvalue weighted by Crippen LogP contribution is -2.04. The molecular formula is C16H12N2O. The van der Waals surface area contributed by atoms with Gasteiger partial charge in [0, 0.05) is 35.1 Å². The Kier molecular flexibility index (Phi) is 2.80. The number of pyridine rings is 2. The molecule has 2 aromatic heterocycles. The van der Waals surface area contributed by atoms with Gasteiger partial charge >= 0.3 is 0 Å². The number of carbonyl (C=O) groups is 1. The summed E-state index contributed by atoms with van der Waals surface area (Å²) >= 11 is 0. The molecule has 92 valence electrons. The Morgan fingerprint density at radius 1 is 1.11 bits per heavy atom. The highest BCUT2D eigenvalue weighted by Gasteiger charge is 2.12. The van der Waals surface area contributed by atoms with Crippen LogP contribution in [0.15, 0.2) is 55.0 Å². The summed E-state index contributed by atoms with van der Waals surface area (Å²) in [5.41, 5.74) is 3.05. The summed E-state index contributed by atoms with van der Waals surface area (Å²) in [5.74, 6) is -0.0156. The summed E-state index contributed by atoms with van der Waals surface area (Å²) in [4.78, 5) is 20.8. The van der Waals surface area contributed by atoms with Crippen LogP contribution in [-0.2, 0) is 0 Å². The fourth-order valence-corrected chi connectivity index (χ4v) is 2.08. The van der Waals surface area contributed by atoms with Crippen molar-refractivity contribution in [1.29, 1.82) is 0 Å². The van der Waals surface area contributed by atoms with E-state index in [9.17, 15) is 4.79 Å². The lowest BCUT2D eigenvalue weighted by molar-refractivity contribution is 0.103. The molecule has 0 aliphatic rings. The first-order valence-electron chi connectivity index (χ1n) is 6.06. The molecule has 0 radical (unpaired) electrons. The van der Waals surface area contributed by atoms with E-state index in [1.165, 1.54) is 0 Å². The van der Waals surface area contributed by atoms with E-state index in [-0.39, 0.29) is 5.78 Å². The molecule has 0 unspecified atom stereocenters. The molecule has 19 heavy (non-hydrogen) atoms. The van der Waals surface area contributed by atoms with E-state index >= 15 is 0 Å². The van der Waals surface area contributed by atoms with Crippen LogP contribution in [-0.4, -0.2) is 15.8 Å². The summed E-state index contributed by atoms with van der Waals surface area (Å²) in [6.07, 6.45) is 4.96. The third kappa shape index (κ3) is 2.10. The first-order valence-corrected chi connectivity index (χ1v) is 6.06. The Labute approximate surface area is 111 Å². The second kappa shape index (κ2) is 4.61. The fourth-order valence-electron chi connectivity index (χ4n) is 2.08. The van der Waals surface area contributed by atoms with Crippen LogP contribution in [0.1, 0.15) is 21.5 Å². The predicted molar refractivity (Wildman–Crippen MR) is 74.1 cm³/mol. The number of aryl methyl sites for hydroxylation is 1. The molecule has 0 saturated carbocycles. The topological polar surface area (TPSA) is 42.9 Å². The van der Waals surface area contributed by atoms with Crippen LogP contribution < -0.4 is 0 Å². The van der Waals surface area contributed by atoms with Gasteiger partial charge in [-0.3, -0.25) is 14.8 Å². The first kappa shape index (κ1) is 11.5. The van der Waals surface area contributed by atoms with E-state index in [0.29, 0.717) is 11.1 Å². The molecule has 0 aliphatic carbocycles. The zero-order valence-corrected chi connectivity index (χ0v) is 10.5. The van der Waals surface area contributed by atoms with Crippen molar-refractivity contribution >= 4 is 16.7 Å². The molecule has 0 aliphatic heterocycles. The Morgan fingerprint density at radius 2 is 1.95 bits per heavy atom. The van der Waals surface area contributed by atoms with Gasteiger partial charge in [0.05, 0.1) is 5.52 Å². The van der Waals surface area contributed by atoms with E-state index in [2.05, 4.69) is 9.97 Å². The minimum Gasteiger partial charge on any atom is -0.289 e. The van der Waals surface area contributed by atoms with Crippen LogP contribution in [0.2, 0.25) is 0 Å². The summed E-state index contributed by atoms with van der Waals surface area (Å²) < 4.78 is 0. The normalized spacial score (nSPS) is 10.6. The van der Waals surface area contributed by atoms with Crippen LogP contribution in [0.25, 0.3) is 10.9 Å². The van der Waals surface area contributed by atoms with Crippen molar-refractivity contribution < 1.29 is 4.79 Å². The molecule has 0 spiro atoms. The van der Waals surface area contributed by atoms with Gasteiger partial charge in [-0.05, 0) is 30.7 Å². The molecule has 3 nitrogen and oxygen atoms in total. The summed E-state index contributed by atoms with van der Waals surface area (Å²) in [5, 5.41) is 0.972. The minimum atomic E-state index is -0.0156. The molecule has 1 aromatic carbocycles. The summed E-state index contributed by atoms with van der Waals surface area (Å²) in [7, 11) is 0. The molecule has 3 aromatic rings. The molecule has 0 bridgehead atoms. The standard InChI is InChI=1S/C16H12N2O/c1-11-9-17-7-6-14(11)16(19)13-8-12-4-2-3-5-15(12)18-10-13/h2-10H,1H3. The van der Waals surface area contributed by atoms with Crippen molar-refractivity contribution in [2.24, 2.45) is 0 Å². The van der Waals surface area contributed by atoms with Gasteiger partial charge in [-0.15, -0.1) is 0 Å². The van der Waals surface area contributed by atoms with E-state index < -0.39 is 0 Å². The smallest absolute Gasteiger partial charge is 0.194 e. The number of carbonyl (C=O) groups excluding carboxylic acids is 1. The second-order valence-corrected chi connectivity index (χ2v) is 4.44. The highest BCUT2D eigenvalue weighted by Crippen LogP contribution is 2.17. The van der Waals surface area contributed by atoms with Crippen molar-refractivity contribution in [3.05, 3.63) is 71.7 Å². The van der Waals surface area contributed by atoms with Gasteiger partial charge in [-0.25, -0.2) is 0 Å². The number of aromatic nitrogens is 2. The zero-order valence-electron chi connectivity index (χ0n) is 10.5. The maximum Gasteiger partial charge on any atom is 0.194 e. The van der Waals surface area contributed by atoms with E-state index in [4.69, 9.17) is 0 Å². The van der Waals surface area contributed by atoms with Crippen molar-refractivity contribution in [2.75, 3.05) is 0 Å². The van der Waals surface area contributed by atoms with Crippen LogP contribution >= 0.6 is 0 Å². The molecular weight excluding hydrogens is 236 g/mol. The molecule has 0 atom stereocenters. The maximum absolute atomic E-state index is 12.4. The van der Waals surface area contributed by atoms with E-state index in [1.807, 2.05) is 37.3 Å². The second-order valence-electron chi connectivity index (χ2n) is 4.44. The van der Waals surface area contributed by atoms with Gasteiger partial charge in [0.2, 0.25) is 0 Å². The fraction of sp³-hybridized carbons (Fsp3) is 0.0625. The summed E-state index contributed by atoms with van der Waals surface area (Å²) in [6.45, 7) is 1.88. The molecule has 0 fully saturated rings. The number of rotatable bonds is 2. The molecule has 2 heterocycles. The average Bonchev–Trinajstić information content (AvgIpc) is 2.46. The van der Waals surface area contributed by atoms with E-state index in [1.54, 1.807) is 24.7 Å². The lowest BCUT2D eigenvalue weighted by atomic mass is 10.0. The maximum atomic E-state index is 12.4. The van der Waals surface area contributed by atoms with Gasteiger partial charge in [-0.1, -0.05) is 18.2 Å². The third-order valence-corrected chi connectivity index (χ3v) is 3.12. The largest absolute Gasteiger partial charge is 0.289 e. The van der Waals surface area contributed by atoms with Crippen LogP contribution in [0.5, 0.6) is 0 Å². The van der Waals surface area contributed by atoms with Gasteiger partial charge in [0.15, 0.2) is 5.78 Å². The minimum absolute atomic E-state index is 0.0156. The highest BCUT2D eigenvalue weighted by molar-refractivity contribution is 6.10. The number of benzene rings is 1. The Bertz CT molecular complexity index is 765. The average molecular weight is 248 g/mol. The number of nitrogens with zero attached hydrogens (tertiary/aromatic N) is 2. The summed E-state index contributed by atoms with van der Waals surface area (Å²) in [6, 6.07) is 11.4. The van der Waals surface area contributed by atoms with Gasteiger partial charge in [-0.2, -0.15) is 0 Å². The molecule has 3 heteroatoms. The third-order valence-electron chi connectivity index (χ3n) is 3.12. The number of fused-ring (bicyclic) bond motifs is 1. The van der Waals surface area contributed by atoms with Crippen LogP contribution in [0.4, 0.5) is 0 Å². The Balaban J connectivity index is 2.09. The van der Waals surface area contributed by atoms with Crippen molar-refractivity contribution in [2.45, 2.75) is 6.92 Å². The highest BCUT2D eigenvalue weighted by atomic mass is 16.1. The van der Waals surface area contributed by atoms with Crippen LogP contribution in [0.3, 0.4) is 0 Å². The Morgan fingerprint density at radius 3 is 2.79 bits per heavy atom. The zero-order chi connectivity index (χ0) is 13.2. The quantitative estimate of drug-likeness (QED) is 0.654. The number of ketones is 1. The monoisotopic (exact) mass is 248 g/mol. The lowest BCUT2D eigenvalue weighted by Gasteiger charge is -2.05. The molecule has 0 amide bonds. The van der Waals surface area contributed by atoms with Gasteiger partial charge in [0.1, 0.15) is 0 Å². The first-order chi connectivity index (χ1) is 9.25. The van der Waals surface area contributed by atoms with Crippen LogP contribution in [0, 0.1) is 6.92 Å². The van der Waals surface area contributed by atoms with Crippen molar-refractivity contribution in [1.82, 2.24) is 9.97 Å². The van der Waals surface area contributed by atoms with Gasteiger partial charge in [0.25, 0.3) is 0 Å². The SMILES string of the molecule is Cc1cnccc1C(=O)c1cnc2ccccc2c1. The van der Waals surface area contributed by atoms with Crippen molar-refractivity contribution in [3.63, 3.8) is 0 Å². The van der Waals surface area contributed by atoms with E-state index in [0.717, 1.165) is 16.5 Å². The predicted octanol–water partition coefficient (Wildman–Crippen LogP) is 3.17.